The van der Waals surface area contributed by atoms with Crippen LogP contribution in [0, 0.1) is 22.7 Å². The molecule has 1 aliphatic rings. The van der Waals surface area contributed by atoms with E-state index in [0.717, 1.165) is 11.8 Å². The summed E-state index contributed by atoms with van der Waals surface area (Å²) in [7, 11) is 0. The van der Waals surface area contributed by atoms with Crippen molar-refractivity contribution < 1.29 is 0 Å². The van der Waals surface area contributed by atoms with Crippen LogP contribution in [0.5, 0.6) is 0 Å². The summed E-state index contributed by atoms with van der Waals surface area (Å²) in [5, 5.41) is 0. The summed E-state index contributed by atoms with van der Waals surface area (Å²) in [4.78, 5) is 0. The third-order valence-corrected chi connectivity index (χ3v) is 3.99. The molecule has 0 aromatic carbocycles. The molecule has 0 aromatic rings. The SMILES string of the molecule is CC.CC(C)(C)C1CCCC[C@H]1C(C)(C)C. The maximum absolute atomic E-state index is 2.42. The molecule has 0 heterocycles. The van der Waals surface area contributed by atoms with Gasteiger partial charge in [-0.05, 0) is 35.5 Å². The molecular formula is C16H34. The Labute approximate surface area is 104 Å². The molecule has 0 aromatic heterocycles. The lowest BCUT2D eigenvalue weighted by Gasteiger charge is -2.46. The first-order valence-electron chi connectivity index (χ1n) is 7.23. The molecule has 0 nitrogen and oxygen atoms in total. The molecule has 0 spiro atoms. The summed E-state index contributed by atoms with van der Waals surface area (Å²) in [6.07, 6.45) is 5.81. The zero-order valence-electron chi connectivity index (χ0n) is 13.0. The Kier molecular flexibility index (Phi) is 6.07. The van der Waals surface area contributed by atoms with Crippen LogP contribution in [-0.4, -0.2) is 0 Å². The monoisotopic (exact) mass is 226 g/mol. The van der Waals surface area contributed by atoms with Crippen LogP contribution >= 0.6 is 0 Å². The van der Waals surface area contributed by atoms with Crippen molar-refractivity contribution in [3.05, 3.63) is 0 Å². The van der Waals surface area contributed by atoms with E-state index in [1.807, 2.05) is 13.8 Å². The first-order chi connectivity index (χ1) is 7.23. The third-order valence-electron chi connectivity index (χ3n) is 3.99. The van der Waals surface area contributed by atoms with Gasteiger partial charge < -0.3 is 0 Å². The number of rotatable bonds is 0. The first-order valence-corrected chi connectivity index (χ1v) is 7.23. The maximum atomic E-state index is 2.42. The summed E-state index contributed by atoms with van der Waals surface area (Å²) >= 11 is 0. The fraction of sp³-hybridized carbons (Fsp3) is 1.00. The normalized spacial score (nSPS) is 27.0. The predicted molar refractivity (Wildman–Crippen MR) is 75.7 cm³/mol. The maximum Gasteiger partial charge on any atom is -0.0332 e. The highest BCUT2D eigenvalue weighted by atomic mass is 14.4. The molecule has 1 rings (SSSR count). The third kappa shape index (κ3) is 4.47. The molecular weight excluding hydrogens is 192 g/mol. The molecule has 1 unspecified atom stereocenters. The Hall–Kier alpha value is 0. The summed E-state index contributed by atoms with van der Waals surface area (Å²) in [6, 6.07) is 0. The molecule has 1 fully saturated rings. The molecule has 0 saturated heterocycles. The number of hydrogen-bond acceptors (Lipinski definition) is 0. The second kappa shape index (κ2) is 6.07. The van der Waals surface area contributed by atoms with Gasteiger partial charge in [-0.1, -0.05) is 68.2 Å². The van der Waals surface area contributed by atoms with E-state index in [1.165, 1.54) is 25.7 Å². The van der Waals surface area contributed by atoms with E-state index in [0.29, 0.717) is 10.8 Å². The van der Waals surface area contributed by atoms with Crippen molar-refractivity contribution in [2.45, 2.75) is 81.1 Å². The van der Waals surface area contributed by atoms with Crippen LogP contribution in [0.4, 0.5) is 0 Å². The lowest BCUT2D eigenvalue weighted by molar-refractivity contribution is 0.0335. The zero-order chi connectivity index (χ0) is 13.0. The van der Waals surface area contributed by atoms with Crippen molar-refractivity contribution in [3.63, 3.8) is 0 Å². The van der Waals surface area contributed by atoms with E-state index in [4.69, 9.17) is 0 Å². The average molecular weight is 226 g/mol. The van der Waals surface area contributed by atoms with Gasteiger partial charge in [0.15, 0.2) is 0 Å². The molecule has 98 valence electrons. The van der Waals surface area contributed by atoms with Crippen LogP contribution in [0.3, 0.4) is 0 Å². The van der Waals surface area contributed by atoms with E-state index in [2.05, 4.69) is 41.5 Å². The highest BCUT2D eigenvalue weighted by Gasteiger charge is 2.39. The van der Waals surface area contributed by atoms with Crippen LogP contribution in [0.2, 0.25) is 0 Å². The molecule has 0 amide bonds. The second-order valence-electron chi connectivity index (χ2n) is 7.23. The Morgan fingerprint density at radius 2 is 0.875 bits per heavy atom. The van der Waals surface area contributed by atoms with Crippen LogP contribution in [0.15, 0.2) is 0 Å². The minimum atomic E-state index is 0.498. The molecule has 0 N–H and O–H groups in total. The van der Waals surface area contributed by atoms with Crippen molar-refractivity contribution in [2.24, 2.45) is 22.7 Å². The minimum absolute atomic E-state index is 0.498. The van der Waals surface area contributed by atoms with Gasteiger partial charge in [-0.2, -0.15) is 0 Å². The lowest BCUT2D eigenvalue weighted by Crippen LogP contribution is -2.38. The minimum Gasteiger partial charge on any atom is -0.0683 e. The summed E-state index contributed by atoms with van der Waals surface area (Å²) < 4.78 is 0. The lowest BCUT2D eigenvalue weighted by atomic mass is 9.59. The Morgan fingerprint density at radius 1 is 0.625 bits per heavy atom. The summed E-state index contributed by atoms with van der Waals surface area (Å²) in [6.45, 7) is 18.5. The zero-order valence-corrected chi connectivity index (χ0v) is 13.0. The molecule has 0 radical (unpaired) electrons. The Balaban J connectivity index is 0.00000106. The topological polar surface area (TPSA) is 0 Å². The van der Waals surface area contributed by atoms with Gasteiger partial charge in [-0.25, -0.2) is 0 Å². The molecule has 1 aliphatic carbocycles. The van der Waals surface area contributed by atoms with Crippen LogP contribution < -0.4 is 0 Å². The van der Waals surface area contributed by atoms with Crippen molar-refractivity contribution >= 4 is 0 Å². The van der Waals surface area contributed by atoms with Gasteiger partial charge in [-0.15, -0.1) is 0 Å². The molecule has 16 heavy (non-hydrogen) atoms. The summed E-state index contributed by atoms with van der Waals surface area (Å²) in [5.74, 6) is 1.85. The largest absolute Gasteiger partial charge is 0.0683 e. The van der Waals surface area contributed by atoms with E-state index in [-0.39, 0.29) is 0 Å². The number of hydrogen-bond donors (Lipinski definition) is 0. The first kappa shape index (κ1) is 16.0. The van der Waals surface area contributed by atoms with Gasteiger partial charge in [0.1, 0.15) is 0 Å². The van der Waals surface area contributed by atoms with Gasteiger partial charge >= 0.3 is 0 Å². The molecule has 0 bridgehead atoms. The molecule has 0 heteroatoms. The van der Waals surface area contributed by atoms with E-state index >= 15 is 0 Å². The van der Waals surface area contributed by atoms with E-state index in [9.17, 15) is 0 Å². The Bertz CT molecular complexity index is 155. The van der Waals surface area contributed by atoms with Crippen molar-refractivity contribution in [2.75, 3.05) is 0 Å². The van der Waals surface area contributed by atoms with Crippen molar-refractivity contribution in [1.82, 2.24) is 0 Å². The quantitative estimate of drug-likeness (QED) is 0.481. The Morgan fingerprint density at radius 3 is 1.06 bits per heavy atom. The fourth-order valence-corrected chi connectivity index (χ4v) is 3.20. The van der Waals surface area contributed by atoms with E-state index < -0.39 is 0 Å². The summed E-state index contributed by atoms with van der Waals surface area (Å²) in [5.41, 5.74) is 0.997. The van der Waals surface area contributed by atoms with Crippen LogP contribution in [0.25, 0.3) is 0 Å². The van der Waals surface area contributed by atoms with Crippen molar-refractivity contribution in [3.8, 4) is 0 Å². The average Bonchev–Trinajstić information content (AvgIpc) is 2.18. The smallest absolute Gasteiger partial charge is 0.0332 e. The van der Waals surface area contributed by atoms with Gasteiger partial charge in [0.25, 0.3) is 0 Å². The fourth-order valence-electron chi connectivity index (χ4n) is 3.20. The molecule has 2 atom stereocenters. The van der Waals surface area contributed by atoms with E-state index in [1.54, 1.807) is 0 Å². The highest BCUT2D eigenvalue weighted by molar-refractivity contribution is 4.89. The van der Waals surface area contributed by atoms with Crippen LogP contribution in [0.1, 0.15) is 81.1 Å². The van der Waals surface area contributed by atoms with Gasteiger partial charge in [0.05, 0.1) is 0 Å². The second-order valence-corrected chi connectivity index (χ2v) is 7.23. The van der Waals surface area contributed by atoms with Gasteiger partial charge in [0.2, 0.25) is 0 Å². The van der Waals surface area contributed by atoms with Crippen molar-refractivity contribution in [1.29, 1.82) is 0 Å². The standard InChI is InChI=1S/C14H28.C2H6/c1-13(2,3)11-9-7-8-10-12(11)14(4,5)6;1-2/h11-12H,7-10H2,1-6H3;1-2H3/t11-,12?;/m1./s1. The predicted octanol–water partition coefficient (Wildman–Crippen LogP) is 5.91. The van der Waals surface area contributed by atoms with Gasteiger partial charge in [0, 0.05) is 0 Å². The highest BCUT2D eigenvalue weighted by Crippen LogP contribution is 2.48. The molecule has 1 saturated carbocycles. The van der Waals surface area contributed by atoms with Crippen LogP contribution in [-0.2, 0) is 0 Å². The molecule has 0 aliphatic heterocycles. The van der Waals surface area contributed by atoms with Gasteiger partial charge in [-0.3, -0.25) is 0 Å².